The molecule has 2 heterocycles. The molecule has 0 aliphatic carbocycles. The van der Waals surface area contributed by atoms with Crippen LogP contribution in [-0.2, 0) is 11.3 Å². The van der Waals surface area contributed by atoms with Crippen LogP contribution in [0, 0.1) is 0 Å². The number of likely N-dealkylation sites (tertiary alicyclic amines) is 1. The summed E-state index contributed by atoms with van der Waals surface area (Å²) < 4.78 is 5.24. The molecule has 1 aromatic carbocycles. The maximum absolute atomic E-state index is 11.6. The van der Waals surface area contributed by atoms with Crippen LogP contribution in [0.5, 0.6) is 5.75 Å². The lowest BCUT2D eigenvalue weighted by atomic mass is 9.94. The lowest BCUT2D eigenvalue weighted by Crippen LogP contribution is -2.38. The first-order chi connectivity index (χ1) is 12.5. The fraction of sp³-hybridized carbons (Fsp3) is 0.400. The maximum Gasteiger partial charge on any atom is 0.217 e. The van der Waals surface area contributed by atoms with Gasteiger partial charge < -0.3 is 10.1 Å². The Morgan fingerprint density at radius 3 is 2.54 bits per heavy atom. The average molecular weight is 372 g/mol. The van der Waals surface area contributed by atoms with Crippen LogP contribution in [0.3, 0.4) is 0 Å². The molecular formula is C20H24N2O3S. The number of ketones is 1. The Labute approximate surface area is 158 Å². The Balaban J connectivity index is 1.74. The van der Waals surface area contributed by atoms with Crippen LogP contribution in [0.2, 0.25) is 0 Å². The van der Waals surface area contributed by atoms with Crippen LogP contribution in [0.25, 0.3) is 0 Å². The van der Waals surface area contributed by atoms with Crippen molar-refractivity contribution in [2.24, 2.45) is 0 Å². The molecule has 0 radical (unpaired) electrons. The second kappa shape index (κ2) is 8.01. The fourth-order valence-corrected chi connectivity index (χ4v) is 4.32. The van der Waals surface area contributed by atoms with Crippen LogP contribution < -0.4 is 10.1 Å². The lowest BCUT2D eigenvalue weighted by Gasteiger charge is -2.19. The van der Waals surface area contributed by atoms with Crippen molar-refractivity contribution in [2.45, 2.75) is 32.4 Å². The second-order valence-corrected chi connectivity index (χ2v) is 7.67. The van der Waals surface area contributed by atoms with E-state index in [0.717, 1.165) is 35.8 Å². The molecule has 0 spiro atoms. The first kappa shape index (κ1) is 18.6. The highest BCUT2D eigenvalue weighted by Gasteiger charge is 2.34. The third-order valence-corrected chi connectivity index (χ3v) is 5.81. The van der Waals surface area contributed by atoms with E-state index in [4.69, 9.17) is 4.74 Å². The summed E-state index contributed by atoms with van der Waals surface area (Å²) in [6, 6.07) is 10.1. The first-order valence-electron chi connectivity index (χ1n) is 8.68. The zero-order valence-corrected chi connectivity index (χ0v) is 16.1. The molecule has 2 unspecified atom stereocenters. The van der Waals surface area contributed by atoms with Crippen molar-refractivity contribution >= 4 is 23.0 Å². The molecule has 1 aliphatic heterocycles. The Kier molecular flexibility index (Phi) is 5.74. The highest BCUT2D eigenvalue weighted by Crippen LogP contribution is 2.30. The summed E-state index contributed by atoms with van der Waals surface area (Å²) in [5.41, 5.74) is 2.35. The van der Waals surface area contributed by atoms with Crippen LogP contribution >= 0.6 is 11.3 Å². The Morgan fingerprint density at radius 1 is 1.23 bits per heavy atom. The number of nitrogens with one attached hydrogen (secondary N) is 1. The first-order valence-corrected chi connectivity index (χ1v) is 9.56. The summed E-state index contributed by atoms with van der Waals surface area (Å²) >= 11 is 1.49. The van der Waals surface area contributed by atoms with Gasteiger partial charge in [0.2, 0.25) is 5.91 Å². The number of nitrogens with zero attached hydrogens (tertiary/aromatic N) is 1. The predicted octanol–water partition coefficient (Wildman–Crippen LogP) is 3.06. The van der Waals surface area contributed by atoms with E-state index in [1.54, 1.807) is 21.0 Å². The van der Waals surface area contributed by atoms with Gasteiger partial charge in [-0.05, 0) is 41.6 Å². The van der Waals surface area contributed by atoms with Crippen molar-refractivity contribution in [3.8, 4) is 5.75 Å². The minimum absolute atomic E-state index is 0.00948. The smallest absolute Gasteiger partial charge is 0.217 e. The molecule has 1 fully saturated rings. The van der Waals surface area contributed by atoms with E-state index < -0.39 is 0 Å². The normalized spacial score (nSPS) is 20.1. The molecule has 1 saturated heterocycles. The van der Waals surface area contributed by atoms with E-state index in [1.165, 1.54) is 16.9 Å². The SMILES string of the molecule is COc1ccc(C2CN(Cc3csc(C(C)=O)c3)CC2NC(C)=O)cc1. The van der Waals surface area contributed by atoms with Gasteiger partial charge >= 0.3 is 0 Å². The van der Waals surface area contributed by atoms with Gasteiger partial charge in [-0.15, -0.1) is 11.3 Å². The number of carbonyl (C=O) groups is 2. The standard InChI is InChI=1S/C20H24N2O3S/c1-13(23)20-8-15(12-26-20)9-22-10-18(19(11-22)21-14(2)24)16-4-6-17(25-3)7-5-16/h4-8,12,18-19H,9-11H2,1-3H3,(H,21,24). The van der Waals surface area contributed by atoms with Gasteiger partial charge in [-0.2, -0.15) is 0 Å². The van der Waals surface area contributed by atoms with Gasteiger partial charge in [-0.25, -0.2) is 0 Å². The Hall–Kier alpha value is -2.18. The number of amides is 1. The van der Waals surface area contributed by atoms with Crippen molar-refractivity contribution in [1.82, 2.24) is 10.2 Å². The number of benzene rings is 1. The summed E-state index contributed by atoms with van der Waals surface area (Å²) in [6.07, 6.45) is 0. The monoisotopic (exact) mass is 372 g/mol. The largest absolute Gasteiger partial charge is 0.497 e. The molecule has 138 valence electrons. The summed E-state index contributed by atoms with van der Waals surface area (Å²) in [5, 5.41) is 5.14. The Morgan fingerprint density at radius 2 is 1.96 bits per heavy atom. The van der Waals surface area contributed by atoms with E-state index in [0.29, 0.717) is 0 Å². The van der Waals surface area contributed by atoms with Crippen molar-refractivity contribution in [3.05, 3.63) is 51.7 Å². The third kappa shape index (κ3) is 4.31. The molecule has 2 atom stereocenters. The zero-order chi connectivity index (χ0) is 18.7. The summed E-state index contributed by atoms with van der Waals surface area (Å²) in [7, 11) is 1.66. The summed E-state index contributed by atoms with van der Waals surface area (Å²) in [5.74, 6) is 1.16. The molecule has 0 bridgehead atoms. The average Bonchev–Trinajstić information content (AvgIpc) is 3.22. The zero-order valence-electron chi connectivity index (χ0n) is 15.3. The van der Waals surface area contributed by atoms with Crippen molar-refractivity contribution < 1.29 is 14.3 Å². The molecule has 5 nitrogen and oxygen atoms in total. The molecule has 0 saturated carbocycles. The number of thiophene rings is 1. The van der Waals surface area contributed by atoms with Crippen LogP contribution in [-0.4, -0.2) is 42.8 Å². The number of rotatable bonds is 6. The molecule has 2 aromatic rings. The number of Topliss-reactive ketones (excluding diaryl/α,β-unsaturated/α-hetero) is 1. The second-order valence-electron chi connectivity index (χ2n) is 6.76. The molecular weight excluding hydrogens is 348 g/mol. The van der Waals surface area contributed by atoms with Gasteiger partial charge in [0.25, 0.3) is 0 Å². The Bertz CT molecular complexity index is 785. The summed E-state index contributed by atoms with van der Waals surface area (Å²) in [6.45, 7) is 5.60. The van der Waals surface area contributed by atoms with Crippen LogP contribution in [0.4, 0.5) is 0 Å². The number of ether oxygens (including phenoxy) is 1. The van der Waals surface area contributed by atoms with Crippen molar-refractivity contribution in [3.63, 3.8) is 0 Å². The van der Waals surface area contributed by atoms with Gasteiger partial charge in [0.1, 0.15) is 5.75 Å². The van der Waals surface area contributed by atoms with Crippen LogP contribution in [0.15, 0.2) is 35.7 Å². The molecule has 1 amide bonds. The van der Waals surface area contributed by atoms with E-state index in [2.05, 4.69) is 22.3 Å². The number of carbonyl (C=O) groups excluding carboxylic acids is 2. The van der Waals surface area contributed by atoms with Gasteiger partial charge in [0, 0.05) is 38.5 Å². The third-order valence-electron chi connectivity index (χ3n) is 4.74. The van der Waals surface area contributed by atoms with E-state index in [1.807, 2.05) is 23.6 Å². The predicted molar refractivity (Wildman–Crippen MR) is 103 cm³/mol. The van der Waals surface area contributed by atoms with Crippen molar-refractivity contribution in [1.29, 1.82) is 0 Å². The number of methoxy groups -OCH3 is 1. The lowest BCUT2D eigenvalue weighted by molar-refractivity contribution is -0.119. The quantitative estimate of drug-likeness (QED) is 0.792. The number of hydrogen-bond acceptors (Lipinski definition) is 5. The molecule has 6 heteroatoms. The summed E-state index contributed by atoms with van der Waals surface area (Å²) in [4.78, 5) is 26.3. The van der Waals surface area contributed by atoms with E-state index >= 15 is 0 Å². The minimum Gasteiger partial charge on any atom is -0.497 e. The van der Waals surface area contributed by atoms with Gasteiger partial charge in [0.15, 0.2) is 5.78 Å². The van der Waals surface area contributed by atoms with Gasteiger partial charge in [-0.3, -0.25) is 14.5 Å². The topological polar surface area (TPSA) is 58.6 Å². The molecule has 1 aliphatic rings. The highest BCUT2D eigenvalue weighted by atomic mass is 32.1. The number of hydrogen-bond donors (Lipinski definition) is 1. The van der Waals surface area contributed by atoms with E-state index in [-0.39, 0.29) is 23.7 Å². The molecule has 3 rings (SSSR count). The molecule has 1 aromatic heterocycles. The highest BCUT2D eigenvalue weighted by molar-refractivity contribution is 7.12. The van der Waals surface area contributed by atoms with E-state index in [9.17, 15) is 9.59 Å². The maximum atomic E-state index is 11.6. The van der Waals surface area contributed by atoms with Crippen molar-refractivity contribution in [2.75, 3.05) is 20.2 Å². The van der Waals surface area contributed by atoms with Gasteiger partial charge in [-0.1, -0.05) is 12.1 Å². The fourth-order valence-electron chi connectivity index (χ4n) is 3.51. The van der Waals surface area contributed by atoms with Gasteiger partial charge in [0.05, 0.1) is 12.0 Å². The molecule has 1 N–H and O–H groups in total. The minimum atomic E-state index is -0.00948. The van der Waals surface area contributed by atoms with Crippen LogP contribution in [0.1, 0.15) is 40.6 Å². The molecule has 26 heavy (non-hydrogen) atoms.